The third-order valence-electron chi connectivity index (χ3n) is 5.60. The van der Waals surface area contributed by atoms with Crippen LogP contribution in [0.3, 0.4) is 0 Å². The van der Waals surface area contributed by atoms with Gasteiger partial charge in [0.15, 0.2) is 0 Å². The van der Waals surface area contributed by atoms with E-state index in [1.165, 1.54) is 17.5 Å². The van der Waals surface area contributed by atoms with E-state index < -0.39 is 16.0 Å². The maximum absolute atomic E-state index is 13.4. The number of benzene rings is 1. The van der Waals surface area contributed by atoms with E-state index in [4.69, 9.17) is 4.74 Å². The number of hydrogen-bond donors (Lipinski definition) is 1. The van der Waals surface area contributed by atoms with Crippen molar-refractivity contribution in [2.75, 3.05) is 38.2 Å². The molecule has 8 heteroatoms. The maximum Gasteiger partial charge on any atom is 0.337 e. The van der Waals surface area contributed by atoms with Crippen LogP contribution in [0.5, 0.6) is 5.75 Å². The molecule has 0 amide bonds. The van der Waals surface area contributed by atoms with E-state index in [2.05, 4.69) is 13.8 Å². The van der Waals surface area contributed by atoms with Gasteiger partial charge in [0.25, 0.3) is 0 Å². The van der Waals surface area contributed by atoms with Crippen LogP contribution < -0.4 is 9.64 Å². The number of carboxylic acids is 1. The molecule has 1 aliphatic heterocycles. The second-order valence-electron chi connectivity index (χ2n) is 7.84. The molecule has 7 nitrogen and oxygen atoms in total. The summed E-state index contributed by atoms with van der Waals surface area (Å²) < 4.78 is 33.6. The first kappa shape index (κ1) is 24.5. The average molecular weight is 441 g/mol. The molecule has 1 aromatic rings. The van der Waals surface area contributed by atoms with E-state index in [1.54, 1.807) is 6.07 Å². The minimum atomic E-state index is -3.83. The Morgan fingerprint density at radius 1 is 1.07 bits per heavy atom. The number of sulfonamides is 1. The fourth-order valence-corrected chi connectivity index (χ4v) is 5.50. The molecule has 0 spiro atoms. The molecule has 2 rings (SSSR count). The average Bonchev–Trinajstić information content (AvgIpc) is 3.03. The van der Waals surface area contributed by atoms with Gasteiger partial charge in [0, 0.05) is 32.2 Å². The first-order valence-electron chi connectivity index (χ1n) is 11.1. The summed E-state index contributed by atoms with van der Waals surface area (Å²) in [4.78, 5) is 14.1. The zero-order chi connectivity index (χ0) is 22.1. The Bertz CT molecular complexity index is 794. The van der Waals surface area contributed by atoms with Crippen molar-refractivity contribution >= 4 is 21.7 Å². The zero-order valence-corrected chi connectivity index (χ0v) is 19.3. The number of nitrogens with zero attached hydrogens (tertiary/aromatic N) is 2. The molecule has 1 aromatic carbocycles. The molecule has 170 valence electrons. The molecular weight excluding hydrogens is 404 g/mol. The third-order valence-corrected chi connectivity index (χ3v) is 7.52. The predicted molar refractivity (Wildman–Crippen MR) is 119 cm³/mol. The highest BCUT2D eigenvalue weighted by molar-refractivity contribution is 7.89. The third kappa shape index (κ3) is 5.88. The number of methoxy groups -OCH3 is 1. The van der Waals surface area contributed by atoms with Crippen molar-refractivity contribution in [2.24, 2.45) is 0 Å². The van der Waals surface area contributed by atoms with Crippen LogP contribution in [0.4, 0.5) is 5.69 Å². The Balaban J connectivity index is 2.55. The smallest absolute Gasteiger partial charge is 0.337 e. The Labute approximate surface area is 181 Å². The number of carboxylic acid groups (broad SMARTS) is 1. The largest absolute Gasteiger partial charge is 0.495 e. The molecule has 1 heterocycles. The molecule has 0 aliphatic carbocycles. The van der Waals surface area contributed by atoms with Gasteiger partial charge in [-0.1, -0.05) is 39.5 Å². The Hall–Kier alpha value is -1.80. The summed E-state index contributed by atoms with van der Waals surface area (Å²) in [6.45, 7) is 6.53. The molecule has 1 N–H and O–H groups in total. The van der Waals surface area contributed by atoms with Gasteiger partial charge in [-0.3, -0.25) is 0 Å². The number of carbonyl (C=O) groups is 1. The number of ether oxygens (including phenoxy) is 1. The van der Waals surface area contributed by atoms with Gasteiger partial charge in [-0.2, -0.15) is 4.31 Å². The fourth-order valence-electron chi connectivity index (χ4n) is 3.82. The van der Waals surface area contributed by atoms with Crippen LogP contribution in [0.25, 0.3) is 0 Å². The molecule has 0 radical (unpaired) electrons. The summed E-state index contributed by atoms with van der Waals surface area (Å²) in [5, 5.41) is 9.90. The van der Waals surface area contributed by atoms with Crippen LogP contribution in [-0.2, 0) is 10.0 Å². The molecule has 0 aromatic heterocycles. The monoisotopic (exact) mass is 440 g/mol. The molecule has 0 unspecified atom stereocenters. The lowest BCUT2D eigenvalue weighted by Crippen LogP contribution is -2.33. The maximum atomic E-state index is 13.4. The van der Waals surface area contributed by atoms with E-state index >= 15 is 0 Å². The second kappa shape index (κ2) is 11.6. The molecule has 0 bridgehead atoms. The lowest BCUT2D eigenvalue weighted by molar-refractivity contribution is 0.0697. The summed E-state index contributed by atoms with van der Waals surface area (Å²) >= 11 is 0. The van der Waals surface area contributed by atoms with Crippen LogP contribution in [0, 0.1) is 0 Å². The van der Waals surface area contributed by atoms with Crippen molar-refractivity contribution in [3.8, 4) is 5.75 Å². The number of rotatable bonds is 11. The summed E-state index contributed by atoms with van der Waals surface area (Å²) in [7, 11) is -2.40. The number of anilines is 1. The van der Waals surface area contributed by atoms with Gasteiger partial charge in [-0.15, -0.1) is 0 Å². The SMILES string of the molecule is CCCCN(CCCC)c1cc(OC)c(S(=O)(=O)N2CCCCCC2)cc1C(=O)O. The van der Waals surface area contributed by atoms with E-state index in [0.29, 0.717) is 18.8 Å². The van der Waals surface area contributed by atoms with Crippen LogP contribution in [0.15, 0.2) is 17.0 Å². The van der Waals surface area contributed by atoms with E-state index in [9.17, 15) is 18.3 Å². The lowest BCUT2D eigenvalue weighted by atomic mass is 10.1. The predicted octanol–water partition coefficient (Wildman–Crippen LogP) is 4.36. The quantitative estimate of drug-likeness (QED) is 0.550. The zero-order valence-electron chi connectivity index (χ0n) is 18.5. The summed E-state index contributed by atoms with van der Waals surface area (Å²) in [6, 6.07) is 2.89. The van der Waals surface area contributed by atoms with Crippen LogP contribution in [0.1, 0.15) is 75.6 Å². The fraction of sp³-hybridized carbons (Fsp3) is 0.682. The van der Waals surface area contributed by atoms with Crippen molar-refractivity contribution in [2.45, 2.75) is 70.1 Å². The summed E-state index contributed by atoms with van der Waals surface area (Å²) in [5.74, 6) is -0.921. The Kier molecular flexibility index (Phi) is 9.42. The Morgan fingerprint density at radius 2 is 1.63 bits per heavy atom. The van der Waals surface area contributed by atoms with Gasteiger partial charge in [-0.05, 0) is 31.7 Å². The molecule has 1 fully saturated rings. The van der Waals surface area contributed by atoms with Crippen molar-refractivity contribution in [1.29, 1.82) is 0 Å². The minimum Gasteiger partial charge on any atom is -0.495 e. The number of aromatic carboxylic acids is 1. The van der Waals surface area contributed by atoms with Gasteiger partial charge in [0.1, 0.15) is 10.6 Å². The number of unbranched alkanes of at least 4 members (excludes halogenated alkanes) is 2. The van der Waals surface area contributed by atoms with Crippen molar-refractivity contribution in [1.82, 2.24) is 4.31 Å². The van der Waals surface area contributed by atoms with E-state index in [1.807, 2.05) is 4.90 Å². The van der Waals surface area contributed by atoms with Gasteiger partial charge in [0.2, 0.25) is 10.0 Å². The van der Waals surface area contributed by atoms with Crippen molar-refractivity contribution in [3.63, 3.8) is 0 Å². The first-order valence-corrected chi connectivity index (χ1v) is 12.5. The molecule has 0 saturated carbocycles. The minimum absolute atomic E-state index is 0.0106. The molecule has 1 saturated heterocycles. The summed E-state index contributed by atoms with van der Waals surface area (Å²) in [6.07, 6.45) is 7.48. The topological polar surface area (TPSA) is 87.2 Å². The Morgan fingerprint density at radius 3 is 2.10 bits per heavy atom. The first-order chi connectivity index (χ1) is 14.4. The highest BCUT2D eigenvalue weighted by Crippen LogP contribution is 2.35. The normalized spacial score (nSPS) is 15.6. The summed E-state index contributed by atoms with van der Waals surface area (Å²) in [5.41, 5.74) is 0.535. The lowest BCUT2D eigenvalue weighted by Gasteiger charge is -2.28. The second-order valence-corrected chi connectivity index (χ2v) is 9.74. The highest BCUT2D eigenvalue weighted by Gasteiger charge is 2.31. The van der Waals surface area contributed by atoms with Crippen molar-refractivity contribution in [3.05, 3.63) is 17.7 Å². The van der Waals surface area contributed by atoms with Gasteiger partial charge in [-0.25, -0.2) is 13.2 Å². The van der Waals surface area contributed by atoms with Crippen LogP contribution in [-0.4, -0.2) is 57.1 Å². The van der Waals surface area contributed by atoms with E-state index in [-0.39, 0.29) is 16.2 Å². The molecule has 1 aliphatic rings. The molecule has 0 atom stereocenters. The van der Waals surface area contributed by atoms with Gasteiger partial charge >= 0.3 is 5.97 Å². The highest BCUT2D eigenvalue weighted by atomic mass is 32.2. The van der Waals surface area contributed by atoms with Crippen molar-refractivity contribution < 1.29 is 23.1 Å². The molecular formula is C22H36N2O5S. The number of hydrogen-bond acceptors (Lipinski definition) is 5. The van der Waals surface area contributed by atoms with Crippen LogP contribution in [0.2, 0.25) is 0 Å². The van der Waals surface area contributed by atoms with Gasteiger partial charge in [0.05, 0.1) is 18.4 Å². The van der Waals surface area contributed by atoms with E-state index in [0.717, 1.165) is 64.5 Å². The molecule has 30 heavy (non-hydrogen) atoms. The van der Waals surface area contributed by atoms with Crippen LogP contribution >= 0.6 is 0 Å². The van der Waals surface area contributed by atoms with Gasteiger partial charge < -0.3 is 14.7 Å². The standard InChI is InChI=1S/C22H36N2O5S/c1-4-6-12-23(13-7-5-2)19-17-20(29-3)21(16-18(19)22(25)26)30(27,28)24-14-10-8-9-11-15-24/h16-17H,4-15H2,1-3H3,(H,25,26).